The van der Waals surface area contributed by atoms with Crippen molar-refractivity contribution in [2.45, 2.75) is 19.6 Å². The van der Waals surface area contributed by atoms with Crippen molar-refractivity contribution in [1.29, 1.82) is 0 Å². The maximum atomic E-state index is 11.8. The van der Waals surface area contributed by atoms with Gasteiger partial charge >= 0.3 is 11.4 Å². The molecule has 0 saturated carbocycles. The third-order valence-corrected chi connectivity index (χ3v) is 2.71. The number of halogens is 1. The lowest BCUT2D eigenvalue weighted by Gasteiger charge is -2.09. The molecular formula is C9H14BrN3O3. The first-order chi connectivity index (χ1) is 7.61. The van der Waals surface area contributed by atoms with Gasteiger partial charge in [0, 0.05) is 26.0 Å². The fourth-order valence-electron chi connectivity index (χ4n) is 1.29. The highest BCUT2D eigenvalue weighted by Crippen LogP contribution is 1.91. The molecule has 0 radical (unpaired) electrons. The largest absolute Gasteiger partial charge is 0.377 e. The first-order valence-electron chi connectivity index (χ1n) is 4.83. The predicted molar refractivity (Wildman–Crippen MR) is 62.9 cm³/mol. The zero-order valence-corrected chi connectivity index (χ0v) is 10.9. The number of hydrogen-bond donors (Lipinski definition) is 0. The molecule has 0 aliphatic carbocycles. The number of aromatic nitrogens is 3. The van der Waals surface area contributed by atoms with Crippen LogP contribution in [0.1, 0.15) is 12.2 Å². The normalized spacial score (nSPS) is 10.7. The number of ether oxygens (including phenoxy) is 1. The molecule has 1 aromatic heterocycles. The number of alkyl halides is 1. The molecule has 0 aliphatic heterocycles. The smallest absolute Gasteiger partial charge is 0.353 e. The van der Waals surface area contributed by atoms with Crippen LogP contribution in [-0.4, -0.2) is 26.6 Å². The molecule has 0 atom stereocenters. The molecule has 0 N–H and O–H groups in total. The van der Waals surface area contributed by atoms with Crippen molar-refractivity contribution in [3.05, 3.63) is 26.8 Å². The Labute approximate surface area is 101 Å². The van der Waals surface area contributed by atoms with Gasteiger partial charge in [-0.25, -0.2) is 14.2 Å². The van der Waals surface area contributed by atoms with Crippen LogP contribution in [0.4, 0.5) is 0 Å². The van der Waals surface area contributed by atoms with Gasteiger partial charge in [-0.1, -0.05) is 15.9 Å². The van der Waals surface area contributed by atoms with Crippen molar-refractivity contribution in [3.63, 3.8) is 0 Å². The second-order valence-corrected chi connectivity index (χ2v) is 4.07. The molecule has 0 bridgehead atoms. The summed E-state index contributed by atoms with van der Waals surface area (Å²) < 4.78 is 7.32. The topological polar surface area (TPSA) is 66.1 Å². The minimum absolute atomic E-state index is 0.153. The van der Waals surface area contributed by atoms with Crippen LogP contribution < -0.4 is 11.4 Å². The molecule has 1 aromatic rings. The summed E-state index contributed by atoms with van der Waals surface area (Å²) >= 11 is 3.25. The van der Waals surface area contributed by atoms with Crippen molar-refractivity contribution in [2.75, 3.05) is 12.4 Å². The second kappa shape index (κ2) is 5.95. The van der Waals surface area contributed by atoms with E-state index in [-0.39, 0.29) is 12.3 Å². The molecule has 0 saturated heterocycles. The summed E-state index contributed by atoms with van der Waals surface area (Å²) in [6, 6.07) is 0. The summed E-state index contributed by atoms with van der Waals surface area (Å²) in [6.45, 7) is 0.525. The summed E-state index contributed by atoms with van der Waals surface area (Å²) in [4.78, 5) is 27.2. The van der Waals surface area contributed by atoms with E-state index in [4.69, 9.17) is 4.74 Å². The van der Waals surface area contributed by atoms with Crippen molar-refractivity contribution >= 4 is 15.9 Å². The van der Waals surface area contributed by atoms with Crippen LogP contribution in [0.5, 0.6) is 0 Å². The van der Waals surface area contributed by atoms with E-state index in [2.05, 4.69) is 20.9 Å². The van der Waals surface area contributed by atoms with Crippen molar-refractivity contribution in [1.82, 2.24) is 14.1 Å². The maximum absolute atomic E-state index is 11.8. The summed E-state index contributed by atoms with van der Waals surface area (Å²) in [5.41, 5.74) is -0.871. The third kappa shape index (κ3) is 2.79. The third-order valence-electron chi connectivity index (χ3n) is 2.15. The van der Waals surface area contributed by atoms with Crippen LogP contribution >= 0.6 is 15.9 Å². The Morgan fingerprint density at radius 1 is 1.44 bits per heavy atom. The zero-order chi connectivity index (χ0) is 12.1. The molecule has 7 heteroatoms. The summed E-state index contributed by atoms with van der Waals surface area (Å²) in [6.07, 6.45) is 0.709. The van der Waals surface area contributed by atoms with Gasteiger partial charge in [0.1, 0.15) is 12.4 Å². The molecule has 0 aromatic carbocycles. The van der Waals surface area contributed by atoms with Crippen LogP contribution in [0, 0.1) is 0 Å². The molecule has 0 fully saturated rings. The molecular weight excluding hydrogens is 278 g/mol. The molecule has 1 rings (SSSR count). The Kier molecular flexibility index (Phi) is 4.88. The lowest BCUT2D eigenvalue weighted by atomic mass is 10.5. The Bertz CT molecular complexity index is 466. The Hall–Kier alpha value is -0.950. The van der Waals surface area contributed by atoms with Crippen LogP contribution in [0.25, 0.3) is 0 Å². The van der Waals surface area contributed by atoms with E-state index < -0.39 is 5.69 Å². The van der Waals surface area contributed by atoms with Gasteiger partial charge in [0.2, 0.25) is 0 Å². The van der Waals surface area contributed by atoms with Gasteiger partial charge in [-0.15, -0.1) is 0 Å². The van der Waals surface area contributed by atoms with Crippen LogP contribution in [0.15, 0.2) is 9.59 Å². The minimum Gasteiger partial charge on any atom is -0.377 e. The van der Waals surface area contributed by atoms with Gasteiger partial charge in [0.15, 0.2) is 0 Å². The van der Waals surface area contributed by atoms with Crippen LogP contribution in [0.2, 0.25) is 0 Å². The molecule has 16 heavy (non-hydrogen) atoms. The molecule has 0 unspecified atom stereocenters. The van der Waals surface area contributed by atoms with E-state index >= 15 is 0 Å². The number of methoxy groups -OCH3 is 1. The molecule has 90 valence electrons. The van der Waals surface area contributed by atoms with E-state index in [1.807, 2.05) is 0 Å². The number of rotatable bonds is 5. The highest BCUT2D eigenvalue weighted by molar-refractivity contribution is 9.09. The molecule has 6 nitrogen and oxygen atoms in total. The lowest BCUT2D eigenvalue weighted by molar-refractivity contribution is 0.172. The standard InChI is InChI=1S/C9H14BrN3O3/c1-12-7(6-16-2)11-8(14)13(9(12)15)5-3-4-10/h3-6H2,1-2H3. The van der Waals surface area contributed by atoms with Crippen LogP contribution in [0.3, 0.4) is 0 Å². The molecule has 1 heterocycles. The maximum Gasteiger partial charge on any atom is 0.353 e. The van der Waals surface area contributed by atoms with Crippen molar-refractivity contribution < 1.29 is 4.74 Å². The van der Waals surface area contributed by atoms with E-state index in [0.29, 0.717) is 18.8 Å². The van der Waals surface area contributed by atoms with Gasteiger partial charge in [-0.2, -0.15) is 4.98 Å². The van der Waals surface area contributed by atoms with Crippen molar-refractivity contribution in [3.8, 4) is 0 Å². The first-order valence-corrected chi connectivity index (χ1v) is 5.95. The summed E-state index contributed by atoms with van der Waals surface area (Å²) in [7, 11) is 3.07. The van der Waals surface area contributed by atoms with E-state index in [9.17, 15) is 9.59 Å². The second-order valence-electron chi connectivity index (χ2n) is 3.28. The quantitative estimate of drug-likeness (QED) is 0.709. The fourth-order valence-corrected chi connectivity index (χ4v) is 1.54. The van der Waals surface area contributed by atoms with Crippen LogP contribution in [-0.2, 0) is 24.9 Å². The van der Waals surface area contributed by atoms with E-state index in [1.54, 1.807) is 7.05 Å². The Balaban J connectivity index is 3.18. The molecule has 0 aliphatic rings. The van der Waals surface area contributed by atoms with Gasteiger partial charge in [-0.05, 0) is 6.42 Å². The SMILES string of the molecule is COCc1nc(=O)n(CCCBr)c(=O)n1C. The van der Waals surface area contributed by atoms with Crippen molar-refractivity contribution in [2.24, 2.45) is 7.05 Å². The summed E-state index contributed by atoms with van der Waals surface area (Å²) in [5, 5.41) is 0.739. The van der Waals surface area contributed by atoms with E-state index in [0.717, 1.165) is 9.90 Å². The lowest BCUT2D eigenvalue weighted by Crippen LogP contribution is -2.42. The minimum atomic E-state index is -0.517. The molecule has 0 spiro atoms. The zero-order valence-electron chi connectivity index (χ0n) is 9.27. The van der Waals surface area contributed by atoms with Gasteiger partial charge < -0.3 is 4.74 Å². The highest BCUT2D eigenvalue weighted by atomic mass is 79.9. The average Bonchev–Trinajstić information content (AvgIpc) is 2.26. The van der Waals surface area contributed by atoms with Gasteiger partial charge in [0.25, 0.3) is 0 Å². The molecule has 0 amide bonds. The fraction of sp³-hybridized carbons (Fsp3) is 0.667. The van der Waals surface area contributed by atoms with Gasteiger partial charge in [0.05, 0.1) is 0 Å². The van der Waals surface area contributed by atoms with E-state index in [1.165, 1.54) is 11.7 Å². The Morgan fingerprint density at radius 3 is 2.69 bits per heavy atom. The average molecular weight is 292 g/mol. The monoisotopic (exact) mass is 291 g/mol. The highest BCUT2D eigenvalue weighted by Gasteiger charge is 2.09. The Morgan fingerprint density at radius 2 is 2.12 bits per heavy atom. The number of nitrogens with zero attached hydrogens (tertiary/aromatic N) is 3. The summed E-state index contributed by atoms with van der Waals surface area (Å²) in [5.74, 6) is 0.340. The van der Waals surface area contributed by atoms with Gasteiger partial charge in [-0.3, -0.25) is 4.57 Å². The number of hydrogen-bond acceptors (Lipinski definition) is 4. The predicted octanol–water partition coefficient (Wildman–Crippen LogP) is -0.127. The first kappa shape index (κ1) is 13.1.